The number of ether oxygens (including phenoxy) is 3. The zero-order chi connectivity index (χ0) is 96.9. The number of imidazole rings is 2. The number of pyridine rings is 5. The number of hydrogen-bond acceptors (Lipinski definition) is 13. The van der Waals surface area contributed by atoms with Gasteiger partial charge in [-0.05, 0) is 150 Å². The van der Waals surface area contributed by atoms with E-state index in [9.17, 15) is 0 Å². The summed E-state index contributed by atoms with van der Waals surface area (Å²) in [6.45, 7) is 88.1. The van der Waals surface area contributed by atoms with Gasteiger partial charge in [0.15, 0.2) is 34.4 Å². The monoisotopic (exact) mass is 1710 g/mol. The smallest absolute Gasteiger partial charge is 0.231 e. The molecule has 13 heterocycles. The molecule has 0 fully saturated rings. The minimum absolute atomic E-state index is 0.360. The molecule has 10 aromatic heterocycles. The Balaban J connectivity index is -0.000000193. The first-order valence-corrected chi connectivity index (χ1v) is 45.8. The Morgan fingerprint density at radius 3 is 1.13 bits per heavy atom. The largest absolute Gasteiger partial charge is 0.454 e. The molecule has 0 saturated heterocycles. The summed E-state index contributed by atoms with van der Waals surface area (Å²) in [6.07, 6.45) is 24.8. The first-order chi connectivity index (χ1) is 59.2. The minimum atomic E-state index is 0.360. The van der Waals surface area contributed by atoms with Crippen LogP contribution in [0, 0.1) is 47.3 Å². The van der Waals surface area contributed by atoms with Gasteiger partial charge in [0.2, 0.25) is 6.79 Å². The summed E-state index contributed by atoms with van der Waals surface area (Å²) in [5.74, 6) is 9.93. The highest BCUT2D eigenvalue weighted by Crippen LogP contribution is 2.36. The van der Waals surface area contributed by atoms with Gasteiger partial charge in [0.25, 0.3) is 0 Å². The molecule has 3 aliphatic rings. The second-order valence-electron chi connectivity index (χ2n) is 30.3. The van der Waals surface area contributed by atoms with Gasteiger partial charge in [0.05, 0.1) is 29.3 Å². The Kier molecular flexibility index (Phi) is 92.4. The number of fused-ring (bicyclic) bond motifs is 8. The standard InChI is InChI=1S/C9H9NO.C8H7N.2C7H7N3.2C7H6N2.C7H6O2.C6H5N3.8C4H10.8C2H6/c1-7-10(2)8-5-3-4-6-9(8)11-7;1-2-4-8-7(3-1)5-6-9-8;1-10-7-3-2-4-8-6(7)5-9-10;1-10-7-6(5-9-10)3-2-4-8-7;2*1-2-5-9-6-4-8-7(9)3-1;1-2-4-7-6(3-1)8-5-9-7;1-2-4-9-6(3-1)7-5-8-9;8*1-4(2)3;8*1-2/h3-6H,1H2,2H3;1-4,6H,5H2;2*2-5H,1H3;2*1-6H;1-4H,5H2;1-5H;8*4H,1-3H3;8*1-2H3. The molecular formula is C106H181N15O3. The molecule has 3 aromatic carbocycles. The minimum Gasteiger partial charge on any atom is -0.454 e. The van der Waals surface area contributed by atoms with Crippen molar-refractivity contribution < 1.29 is 14.2 Å². The van der Waals surface area contributed by atoms with E-state index >= 15 is 0 Å². The number of para-hydroxylation sites is 5. The lowest BCUT2D eigenvalue weighted by Crippen LogP contribution is -2.11. The third-order valence-electron chi connectivity index (χ3n) is 11.4. The average molecular weight is 1710 g/mol. The molecule has 0 aliphatic carbocycles. The highest BCUT2D eigenvalue weighted by atomic mass is 16.7. The molecule has 13 aromatic rings. The normalized spacial score (nSPS) is 9.93. The van der Waals surface area contributed by atoms with Crippen molar-refractivity contribution in [3.05, 3.63) is 244 Å². The predicted molar refractivity (Wildman–Crippen MR) is 551 cm³/mol. The van der Waals surface area contributed by atoms with Crippen LogP contribution in [0.5, 0.6) is 17.2 Å². The lowest BCUT2D eigenvalue weighted by molar-refractivity contribution is 0.174. The van der Waals surface area contributed by atoms with E-state index in [0.29, 0.717) is 12.7 Å². The molecule has 0 N–H and O–H groups in total. The van der Waals surface area contributed by atoms with Gasteiger partial charge in [0.1, 0.15) is 23.1 Å². The first-order valence-electron chi connectivity index (χ1n) is 45.8. The van der Waals surface area contributed by atoms with Gasteiger partial charge in [-0.15, -0.1) is 0 Å². The molecule has 18 heteroatoms. The van der Waals surface area contributed by atoms with E-state index in [-0.39, 0.29) is 0 Å². The van der Waals surface area contributed by atoms with E-state index in [1.54, 1.807) is 40.2 Å². The highest BCUT2D eigenvalue weighted by molar-refractivity contribution is 5.76. The van der Waals surface area contributed by atoms with Crippen molar-refractivity contribution in [2.45, 2.75) is 283 Å². The number of aliphatic imine (C=N–C) groups is 1. The fourth-order valence-electron chi connectivity index (χ4n) is 7.51. The van der Waals surface area contributed by atoms with Gasteiger partial charge >= 0.3 is 0 Å². The van der Waals surface area contributed by atoms with Gasteiger partial charge < -0.3 is 27.9 Å². The molecule has 0 spiro atoms. The molecule has 124 heavy (non-hydrogen) atoms. The van der Waals surface area contributed by atoms with E-state index in [4.69, 9.17) is 14.2 Å². The van der Waals surface area contributed by atoms with E-state index < -0.39 is 0 Å². The molecule has 18 nitrogen and oxygen atoms in total. The maximum Gasteiger partial charge on any atom is 0.231 e. The zero-order valence-electron chi connectivity index (χ0n) is 86.6. The van der Waals surface area contributed by atoms with Crippen molar-refractivity contribution in [3.8, 4) is 17.2 Å². The average Bonchev–Trinajstić information content (AvgIpc) is 1.68. The summed E-state index contributed by atoms with van der Waals surface area (Å²) in [7, 11) is 5.73. The number of aryl methyl sites for hydroxylation is 2. The van der Waals surface area contributed by atoms with Crippen LogP contribution in [0.4, 0.5) is 11.4 Å². The van der Waals surface area contributed by atoms with Crippen molar-refractivity contribution in [2.75, 3.05) is 18.7 Å². The molecule has 0 unspecified atom stereocenters. The molecule has 3 aliphatic heterocycles. The Morgan fingerprint density at radius 1 is 0.339 bits per heavy atom. The highest BCUT2D eigenvalue weighted by Gasteiger charge is 2.19. The fourth-order valence-corrected chi connectivity index (χ4v) is 7.51. The van der Waals surface area contributed by atoms with Crippen LogP contribution >= 0.6 is 0 Å². The SMILES string of the molecule is C1=Nc2ccccc2C1.C=C1Oc2ccccc2N1C.CC.CC.CC.CC.CC.CC.CC.CC.CC(C)C.CC(C)C.CC(C)C.CC(C)C.CC(C)C.CC(C)C.CC(C)C.CC(C)C.Cn1ncc2cccnc21.Cn1ncc2ncccc21.c1ccc2c(c1)OCO2.c1ccn2ccnc2c1.c1ccn2ccnc2c1.c1ccn2ncnc2c1. The third kappa shape index (κ3) is 72.0. The maximum atomic E-state index is 5.35. The Hall–Kier alpha value is -10.5. The second kappa shape index (κ2) is 88.8. The van der Waals surface area contributed by atoms with Crippen LogP contribution in [0.1, 0.15) is 283 Å². The molecule has 0 radical (unpaired) electrons. The maximum absolute atomic E-state index is 5.35. The number of benzene rings is 3. The summed E-state index contributed by atoms with van der Waals surface area (Å²) < 4.78 is 24.7. The van der Waals surface area contributed by atoms with Gasteiger partial charge in [-0.3, -0.25) is 19.3 Å². The number of rotatable bonds is 0. The summed E-state index contributed by atoms with van der Waals surface area (Å²) >= 11 is 0. The Bertz CT molecular complexity index is 3960. The lowest BCUT2D eigenvalue weighted by Gasteiger charge is -2.07. The van der Waals surface area contributed by atoms with E-state index in [2.05, 4.69) is 224 Å². The van der Waals surface area contributed by atoms with Gasteiger partial charge in [-0.1, -0.05) is 338 Å². The van der Waals surface area contributed by atoms with Crippen LogP contribution in [0.25, 0.3) is 39.0 Å². The van der Waals surface area contributed by atoms with Crippen LogP contribution in [0.3, 0.4) is 0 Å². The lowest BCUT2D eigenvalue weighted by atomic mass is 10.2. The summed E-state index contributed by atoms with van der Waals surface area (Å²) in [6, 6.07) is 49.1. The quantitative estimate of drug-likeness (QED) is 0.141. The van der Waals surface area contributed by atoms with Crippen LogP contribution < -0.4 is 19.1 Å². The number of aromatic nitrogens is 13. The van der Waals surface area contributed by atoms with E-state index in [0.717, 1.165) is 121 Å². The molecule has 16 rings (SSSR count). The van der Waals surface area contributed by atoms with Crippen LogP contribution in [0.2, 0.25) is 0 Å². The fraction of sp³-hybridized carbons (Fsp3) is 0.500. The van der Waals surface area contributed by atoms with Gasteiger partial charge in [-0.2, -0.15) is 15.3 Å². The molecule has 0 saturated carbocycles. The number of nitrogens with zero attached hydrogens (tertiary/aromatic N) is 15. The van der Waals surface area contributed by atoms with E-state index in [1.807, 2.05) is 339 Å². The predicted octanol–water partition coefficient (Wildman–Crippen LogP) is 32.2. The molecule has 0 amide bonds. The topological polar surface area (TPSA) is 170 Å². The second-order valence-corrected chi connectivity index (χ2v) is 30.3. The first kappa shape index (κ1) is 129. The van der Waals surface area contributed by atoms with Crippen molar-refractivity contribution in [1.29, 1.82) is 0 Å². The van der Waals surface area contributed by atoms with Crippen LogP contribution in [0.15, 0.2) is 244 Å². The van der Waals surface area contributed by atoms with Gasteiger partial charge in [0, 0.05) is 94.9 Å². The molecular weight excluding hydrogens is 1530 g/mol. The summed E-state index contributed by atoms with van der Waals surface area (Å²) in [5, 5.41) is 13.1. The van der Waals surface area contributed by atoms with Gasteiger partial charge in [-0.25, -0.2) is 24.5 Å². The number of hydrogen-bond donors (Lipinski definition) is 0. The van der Waals surface area contributed by atoms with Crippen molar-refractivity contribution in [1.82, 2.24) is 62.9 Å². The summed E-state index contributed by atoms with van der Waals surface area (Å²) in [5.41, 5.74) is 9.40. The van der Waals surface area contributed by atoms with Crippen LogP contribution in [-0.4, -0.2) is 83.0 Å². The summed E-state index contributed by atoms with van der Waals surface area (Å²) in [4.78, 5) is 26.5. The third-order valence-corrected chi connectivity index (χ3v) is 11.4. The number of anilines is 1. The van der Waals surface area contributed by atoms with Crippen molar-refractivity contribution in [2.24, 2.45) is 66.4 Å². The van der Waals surface area contributed by atoms with Crippen molar-refractivity contribution >= 4 is 56.6 Å². The molecule has 698 valence electrons. The molecule has 0 bridgehead atoms. The van der Waals surface area contributed by atoms with Crippen LogP contribution in [-0.2, 0) is 20.5 Å². The van der Waals surface area contributed by atoms with Crippen molar-refractivity contribution in [3.63, 3.8) is 0 Å². The zero-order valence-corrected chi connectivity index (χ0v) is 86.6. The van der Waals surface area contributed by atoms with E-state index in [1.165, 1.54) is 11.9 Å². The Morgan fingerprint density at radius 2 is 0.718 bits per heavy atom. The Labute approximate surface area is 759 Å². The molecule has 0 atom stereocenters.